The maximum Gasteiger partial charge on any atom is 0.200 e. The van der Waals surface area contributed by atoms with Gasteiger partial charge < -0.3 is 14.4 Å². The third kappa shape index (κ3) is 2.81. The van der Waals surface area contributed by atoms with E-state index in [4.69, 9.17) is 4.42 Å². The summed E-state index contributed by atoms with van der Waals surface area (Å²) in [6.45, 7) is 4.51. The van der Waals surface area contributed by atoms with E-state index in [0.717, 1.165) is 16.7 Å². The Morgan fingerprint density at radius 2 is 1.83 bits per heavy atom. The molecule has 0 unspecified atom stereocenters. The molecule has 3 rings (SSSR count). The minimum atomic E-state index is -0.0804. The lowest BCUT2D eigenvalue weighted by molar-refractivity contribution is 0.384. The van der Waals surface area contributed by atoms with Crippen molar-refractivity contribution < 1.29 is 9.52 Å². The average Bonchev–Trinajstić information content (AvgIpc) is 2.51. The zero-order chi connectivity index (χ0) is 17.4. The van der Waals surface area contributed by atoms with E-state index in [1.54, 1.807) is 12.1 Å². The van der Waals surface area contributed by atoms with Gasteiger partial charge in [-0.25, -0.2) is 0 Å². The summed E-state index contributed by atoms with van der Waals surface area (Å²) in [6.07, 6.45) is 1.50. The molecule has 0 aliphatic carbocycles. The molecule has 0 aliphatic rings. The van der Waals surface area contributed by atoms with E-state index in [0.29, 0.717) is 28.6 Å². The van der Waals surface area contributed by atoms with Crippen LogP contribution < -0.4 is 5.43 Å². The van der Waals surface area contributed by atoms with Crippen molar-refractivity contribution in [1.82, 2.24) is 4.90 Å². The highest BCUT2D eigenvalue weighted by Crippen LogP contribution is 2.29. The Labute approximate surface area is 141 Å². The largest absolute Gasteiger partial charge is 0.507 e. The van der Waals surface area contributed by atoms with Gasteiger partial charge in [-0.05, 0) is 51.2 Å². The third-order valence-electron chi connectivity index (χ3n) is 4.17. The number of aryl methyl sites for hydroxylation is 2. The lowest BCUT2D eigenvalue weighted by Gasteiger charge is -2.13. The molecule has 0 amide bonds. The molecule has 0 atom stereocenters. The van der Waals surface area contributed by atoms with Crippen molar-refractivity contribution in [3.05, 3.63) is 63.5 Å². The first kappa shape index (κ1) is 16.3. The second kappa shape index (κ2) is 6.13. The predicted octanol–water partition coefficient (Wildman–Crippen LogP) is 3.84. The quantitative estimate of drug-likeness (QED) is 0.795. The van der Waals surface area contributed by atoms with Gasteiger partial charge in [0.1, 0.15) is 17.6 Å². The minimum absolute atomic E-state index is 0.0804. The molecule has 1 heterocycles. The van der Waals surface area contributed by atoms with Crippen LogP contribution in [0, 0.1) is 13.8 Å². The number of hydrogen-bond donors (Lipinski definition) is 1. The molecule has 4 heteroatoms. The van der Waals surface area contributed by atoms with Gasteiger partial charge in [0.05, 0.1) is 16.5 Å². The highest BCUT2D eigenvalue weighted by Gasteiger charge is 2.16. The molecule has 4 nitrogen and oxygen atoms in total. The van der Waals surface area contributed by atoms with Crippen LogP contribution in [0.15, 0.2) is 45.8 Å². The van der Waals surface area contributed by atoms with Crippen molar-refractivity contribution >= 4 is 11.0 Å². The number of aromatic hydroxyl groups is 1. The molecule has 3 aromatic rings. The van der Waals surface area contributed by atoms with Crippen LogP contribution in [0.3, 0.4) is 0 Å². The summed E-state index contributed by atoms with van der Waals surface area (Å²) in [7, 11) is 3.81. The van der Waals surface area contributed by atoms with Crippen LogP contribution in [0.5, 0.6) is 5.75 Å². The Balaban J connectivity index is 2.26. The molecule has 24 heavy (non-hydrogen) atoms. The van der Waals surface area contributed by atoms with Gasteiger partial charge in [0.25, 0.3) is 0 Å². The summed E-state index contributed by atoms with van der Waals surface area (Å²) in [6, 6.07) is 9.17. The van der Waals surface area contributed by atoms with E-state index in [2.05, 4.69) is 0 Å². The number of fused-ring (bicyclic) bond motifs is 1. The Morgan fingerprint density at radius 1 is 1.08 bits per heavy atom. The third-order valence-corrected chi connectivity index (χ3v) is 4.17. The Kier molecular flexibility index (Phi) is 4.16. The second-order valence-corrected chi connectivity index (χ2v) is 6.47. The molecule has 2 aromatic carbocycles. The molecular formula is C20H21NO3. The number of nitrogens with zero attached hydrogens (tertiary/aromatic N) is 1. The van der Waals surface area contributed by atoms with Gasteiger partial charge in [0.15, 0.2) is 0 Å². The molecule has 0 aliphatic heterocycles. The first-order chi connectivity index (χ1) is 11.4. The monoisotopic (exact) mass is 323 g/mol. The van der Waals surface area contributed by atoms with Gasteiger partial charge in [-0.3, -0.25) is 4.79 Å². The number of rotatable bonds is 3. The van der Waals surface area contributed by atoms with E-state index < -0.39 is 0 Å². The zero-order valence-corrected chi connectivity index (χ0v) is 14.4. The molecule has 0 saturated carbocycles. The average molecular weight is 323 g/mol. The van der Waals surface area contributed by atoms with Gasteiger partial charge in [-0.2, -0.15) is 0 Å². The van der Waals surface area contributed by atoms with Gasteiger partial charge >= 0.3 is 0 Å². The van der Waals surface area contributed by atoms with Crippen LogP contribution in [-0.4, -0.2) is 24.1 Å². The number of phenolic OH excluding ortho intramolecular Hbond substituents is 1. The number of phenols is 1. The molecule has 0 saturated heterocycles. The fraction of sp³-hybridized carbons (Fsp3) is 0.250. The minimum Gasteiger partial charge on any atom is -0.507 e. The number of hydrogen-bond acceptors (Lipinski definition) is 4. The van der Waals surface area contributed by atoms with Gasteiger partial charge in [0, 0.05) is 6.54 Å². The van der Waals surface area contributed by atoms with Crippen molar-refractivity contribution in [1.29, 1.82) is 0 Å². The van der Waals surface area contributed by atoms with Gasteiger partial charge in [-0.1, -0.05) is 23.8 Å². The van der Waals surface area contributed by atoms with E-state index >= 15 is 0 Å². The van der Waals surface area contributed by atoms with Crippen LogP contribution in [0.25, 0.3) is 22.1 Å². The van der Waals surface area contributed by atoms with Crippen LogP contribution in [0.4, 0.5) is 0 Å². The van der Waals surface area contributed by atoms with Crippen molar-refractivity contribution in [3.8, 4) is 16.9 Å². The predicted molar refractivity (Wildman–Crippen MR) is 96.4 cm³/mol. The molecule has 1 aromatic heterocycles. The van der Waals surface area contributed by atoms with Gasteiger partial charge in [0.2, 0.25) is 5.43 Å². The first-order valence-corrected chi connectivity index (χ1v) is 7.87. The molecule has 0 radical (unpaired) electrons. The smallest absolute Gasteiger partial charge is 0.200 e. The molecular weight excluding hydrogens is 302 g/mol. The Hall–Kier alpha value is -2.59. The zero-order valence-electron chi connectivity index (χ0n) is 14.4. The van der Waals surface area contributed by atoms with Crippen LogP contribution in [-0.2, 0) is 6.54 Å². The molecule has 1 N–H and O–H groups in total. The topological polar surface area (TPSA) is 53.7 Å². The lowest BCUT2D eigenvalue weighted by atomic mass is 9.98. The highest BCUT2D eigenvalue weighted by molar-refractivity contribution is 5.86. The molecule has 124 valence electrons. The summed E-state index contributed by atoms with van der Waals surface area (Å²) in [4.78, 5) is 14.9. The van der Waals surface area contributed by atoms with Crippen LogP contribution in [0.2, 0.25) is 0 Å². The number of benzene rings is 2. The van der Waals surface area contributed by atoms with Crippen LogP contribution in [0.1, 0.15) is 16.7 Å². The fourth-order valence-electron chi connectivity index (χ4n) is 3.02. The van der Waals surface area contributed by atoms with Crippen molar-refractivity contribution in [2.24, 2.45) is 0 Å². The van der Waals surface area contributed by atoms with E-state index in [1.165, 1.54) is 6.26 Å². The summed E-state index contributed by atoms with van der Waals surface area (Å²) in [5, 5.41) is 10.6. The summed E-state index contributed by atoms with van der Waals surface area (Å²) >= 11 is 0. The van der Waals surface area contributed by atoms with Gasteiger partial charge in [-0.15, -0.1) is 0 Å². The fourth-order valence-corrected chi connectivity index (χ4v) is 3.02. The van der Waals surface area contributed by atoms with E-state index in [1.807, 2.05) is 51.0 Å². The van der Waals surface area contributed by atoms with Crippen molar-refractivity contribution in [2.75, 3.05) is 14.1 Å². The molecule has 0 fully saturated rings. The van der Waals surface area contributed by atoms with E-state index in [-0.39, 0.29) is 11.2 Å². The summed E-state index contributed by atoms with van der Waals surface area (Å²) < 4.78 is 5.79. The van der Waals surface area contributed by atoms with Crippen molar-refractivity contribution in [3.63, 3.8) is 0 Å². The SMILES string of the molecule is Cc1ccc(-c2coc3c(CN(C)C)c(O)ccc3c2=O)c(C)c1. The highest BCUT2D eigenvalue weighted by atomic mass is 16.3. The van der Waals surface area contributed by atoms with E-state index in [9.17, 15) is 9.90 Å². The molecule has 0 bridgehead atoms. The van der Waals surface area contributed by atoms with Crippen LogP contribution >= 0.6 is 0 Å². The normalized spacial score (nSPS) is 11.4. The first-order valence-electron chi connectivity index (χ1n) is 7.87. The Morgan fingerprint density at radius 3 is 2.50 bits per heavy atom. The van der Waals surface area contributed by atoms with Crippen molar-refractivity contribution in [2.45, 2.75) is 20.4 Å². The lowest BCUT2D eigenvalue weighted by Crippen LogP contribution is -2.13. The maximum absolute atomic E-state index is 13.0. The standard InChI is InChI=1S/C20H21NO3/c1-12-5-6-14(13(2)9-12)17-11-24-20-15(19(17)23)7-8-18(22)16(20)10-21(3)4/h5-9,11,22H,10H2,1-4H3. The summed E-state index contributed by atoms with van der Waals surface area (Å²) in [5.74, 6) is 0.138. The Bertz CT molecular complexity index is 971. The summed E-state index contributed by atoms with van der Waals surface area (Å²) in [5.41, 5.74) is 4.60. The molecule has 0 spiro atoms. The second-order valence-electron chi connectivity index (χ2n) is 6.47. The maximum atomic E-state index is 13.0.